The fourth-order valence-electron chi connectivity index (χ4n) is 6.43. The molecule has 2 rings (SSSR count). The van der Waals surface area contributed by atoms with E-state index in [4.69, 9.17) is 4.74 Å². The molecule has 0 bridgehead atoms. The summed E-state index contributed by atoms with van der Waals surface area (Å²) >= 11 is -2.86. The molecule has 218 valence electrons. The molecule has 0 aliphatic carbocycles. The Bertz CT molecular complexity index is 968. The molecule has 1 N–H and O–H groups in total. The molecule has 0 unspecified atom stereocenters. The fraction of sp³-hybridized carbons (Fsp3) is 0.629. The van der Waals surface area contributed by atoms with Crippen LogP contribution in [0.1, 0.15) is 122 Å². The number of ether oxygens (including phenoxy) is 1. The molecule has 3 nitrogen and oxygen atoms in total. The molecular weight excluding hydrogens is 585 g/mol. The molecule has 2 aromatic rings. The zero-order chi connectivity index (χ0) is 29.1. The minimum absolute atomic E-state index is 0.0129. The van der Waals surface area contributed by atoms with E-state index in [0.29, 0.717) is 9.85 Å². The first-order valence-electron chi connectivity index (χ1n) is 15.5. The van der Waals surface area contributed by atoms with E-state index >= 15 is 0 Å². The molecule has 0 radical (unpaired) electrons. The Hall–Kier alpha value is -1.49. The number of nitrogens with one attached hydrogen (secondary N) is 1. The van der Waals surface area contributed by atoms with Crippen molar-refractivity contribution in [1.29, 1.82) is 0 Å². The molecule has 1 amide bonds. The normalized spacial score (nSPS) is 14.1. The zero-order valence-corrected chi connectivity index (χ0v) is 29.4. The van der Waals surface area contributed by atoms with E-state index in [-0.39, 0.29) is 11.5 Å². The molecule has 0 spiro atoms. The van der Waals surface area contributed by atoms with Crippen LogP contribution < -0.4 is 5.32 Å². The predicted octanol–water partition coefficient (Wildman–Crippen LogP) is 11.3. The molecule has 0 saturated heterocycles. The first-order chi connectivity index (χ1) is 18.4. The maximum atomic E-state index is 13.0. The van der Waals surface area contributed by atoms with Crippen molar-refractivity contribution in [3.05, 3.63) is 65.7 Å². The topological polar surface area (TPSA) is 38.3 Å². The van der Waals surface area contributed by atoms with E-state index in [2.05, 4.69) is 95.4 Å². The maximum absolute atomic E-state index is 13.0. The van der Waals surface area contributed by atoms with Gasteiger partial charge in [-0.15, -0.1) is 0 Å². The van der Waals surface area contributed by atoms with Crippen LogP contribution in [0.25, 0.3) is 0 Å². The van der Waals surface area contributed by atoms with Gasteiger partial charge in [-0.1, -0.05) is 0 Å². The summed E-state index contributed by atoms with van der Waals surface area (Å²) in [6.45, 7) is 20.1. The summed E-state index contributed by atoms with van der Waals surface area (Å²) in [6.07, 6.45) is 7.40. The van der Waals surface area contributed by atoms with Gasteiger partial charge in [-0.2, -0.15) is 0 Å². The molecule has 0 heterocycles. The Labute approximate surface area is 244 Å². The summed E-state index contributed by atoms with van der Waals surface area (Å²) in [4.78, 5) is 13.0. The van der Waals surface area contributed by atoms with Gasteiger partial charge in [0.1, 0.15) is 0 Å². The van der Waals surface area contributed by atoms with Crippen molar-refractivity contribution in [3.63, 3.8) is 0 Å². The molecule has 39 heavy (non-hydrogen) atoms. The molecule has 0 fully saturated rings. The van der Waals surface area contributed by atoms with Gasteiger partial charge in [-0.3, -0.25) is 0 Å². The van der Waals surface area contributed by atoms with Crippen molar-refractivity contribution in [2.24, 2.45) is 5.41 Å². The van der Waals surface area contributed by atoms with Crippen LogP contribution >= 0.6 is 0 Å². The minimum atomic E-state index is -2.86. The summed E-state index contributed by atoms with van der Waals surface area (Å²) in [5.74, 6) is 0.299. The van der Waals surface area contributed by atoms with Crippen LogP contribution in [0.5, 0.6) is 0 Å². The van der Waals surface area contributed by atoms with E-state index in [1.165, 1.54) is 63.0 Å². The summed E-state index contributed by atoms with van der Waals surface area (Å²) in [7, 11) is 0. The van der Waals surface area contributed by atoms with Crippen LogP contribution in [0, 0.1) is 5.41 Å². The van der Waals surface area contributed by atoms with Crippen molar-refractivity contribution < 1.29 is 9.53 Å². The summed E-state index contributed by atoms with van der Waals surface area (Å²) < 4.78 is 10.6. The van der Waals surface area contributed by atoms with Gasteiger partial charge in [0, 0.05) is 0 Å². The van der Waals surface area contributed by atoms with Crippen molar-refractivity contribution in [2.45, 2.75) is 130 Å². The Balaban J connectivity index is 2.82. The number of rotatable bonds is 14. The second-order valence-corrected chi connectivity index (χ2v) is 27.5. The standard InChI is InChI=1S/C23H30NO2.3C4H9.Sn/c1-22(2,3)19(16-17-12-8-7-9-13-17)18-14-10-11-15-20(18)24-21(25)26-23(4,5)6;3*1-3-4-2;/h7-16,19H,1-6H3,(H,24,25);3*1,3-4H2,2H3;/t19-;;;;/m0..../s1. The van der Waals surface area contributed by atoms with E-state index in [9.17, 15) is 4.79 Å². The number of anilines is 1. The third kappa shape index (κ3) is 10.1. The molecular formula is C35H57NO2Sn. The van der Waals surface area contributed by atoms with Gasteiger partial charge in [0.05, 0.1) is 0 Å². The average molecular weight is 643 g/mol. The number of hydrogen-bond donors (Lipinski definition) is 1. The van der Waals surface area contributed by atoms with E-state index in [1.807, 2.05) is 26.8 Å². The molecule has 2 atom stereocenters. The molecule has 0 aliphatic heterocycles. The number of carbonyl (C=O) groups excluding carboxylic acids is 1. The Morgan fingerprint density at radius 3 is 1.72 bits per heavy atom. The van der Waals surface area contributed by atoms with Crippen LogP contribution in [0.3, 0.4) is 0 Å². The number of unbranched alkanes of at least 4 members (excludes halogenated alkanes) is 3. The first-order valence-corrected chi connectivity index (χ1v) is 23.2. The number of carbonyl (C=O) groups is 1. The third-order valence-electron chi connectivity index (χ3n) is 8.10. The Kier molecular flexibility index (Phi) is 13.4. The van der Waals surface area contributed by atoms with Gasteiger partial charge in [0.2, 0.25) is 0 Å². The predicted molar refractivity (Wildman–Crippen MR) is 173 cm³/mol. The van der Waals surface area contributed by atoms with Gasteiger partial charge >= 0.3 is 246 Å². The van der Waals surface area contributed by atoms with Gasteiger partial charge < -0.3 is 0 Å². The van der Waals surface area contributed by atoms with E-state index in [0.717, 1.165) is 5.69 Å². The monoisotopic (exact) mass is 643 g/mol. The van der Waals surface area contributed by atoms with Gasteiger partial charge in [-0.05, 0) is 0 Å². The van der Waals surface area contributed by atoms with Crippen molar-refractivity contribution in [3.8, 4) is 0 Å². The zero-order valence-electron chi connectivity index (χ0n) is 26.5. The Morgan fingerprint density at radius 1 is 0.769 bits per heavy atom. The van der Waals surface area contributed by atoms with E-state index in [1.54, 1.807) is 0 Å². The molecule has 0 aromatic heterocycles. The van der Waals surface area contributed by atoms with Crippen LogP contribution in [-0.2, 0) is 4.74 Å². The third-order valence-corrected chi connectivity index (χ3v) is 25.3. The number of para-hydroxylation sites is 1. The second-order valence-electron chi connectivity index (χ2n) is 13.6. The van der Waals surface area contributed by atoms with Crippen molar-refractivity contribution >= 4 is 30.2 Å². The molecule has 0 saturated carbocycles. The van der Waals surface area contributed by atoms with Crippen LogP contribution in [0.15, 0.2) is 54.6 Å². The number of benzene rings is 2. The van der Waals surface area contributed by atoms with Crippen molar-refractivity contribution in [1.82, 2.24) is 0 Å². The fourth-order valence-corrected chi connectivity index (χ4v) is 26.8. The number of amides is 1. The quantitative estimate of drug-likeness (QED) is 0.208. The first kappa shape index (κ1) is 33.7. The molecule has 4 heteroatoms. The van der Waals surface area contributed by atoms with E-state index < -0.39 is 24.0 Å². The average Bonchev–Trinajstić information content (AvgIpc) is 2.86. The second kappa shape index (κ2) is 15.5. The van der Waals surface area contributed by atoms with Crippen LogP contribution in [0.2, 0.25) is 13.3 Å². The van der Waals surface area contributed by atoms with Crippen molar-refractivity contribution in [2.75, 3.05) is 5.32 Å². The van der Waals surface area contributed by atoms with Gasteiger partial charge in [0.15, 0.2) is 0 Å². The molecule has 0 aliphatic rings. The molecule has 2 aromatic carbocycles. The Morgan fingerprint density at radius 2 is 1.26 bits per heavy atom. The van der Waals surface area contributed by atoms with Gasteiger partial charge in [-0.25, -0.2) is 0 Å². The SMILES string of the molecule is CCC[CH2][Sn]([CH2]CCC)([CH2]CCC)[C@@H](c1ccccc1)[C@@H](c1ccccc1NC(=O)OC(C)(C)C)C(C)(C)C. The van der Waals surface area contributed by atoms with Gasteiger partial charge in [0.25, 0.3) is 0 Å². The summed E-state index contributed by atoms with van der Waals surface area (Å²) in [5.41, 5.74) is 3.15. The van der Waals surface area contributed by atoms with Crippen LogP contribution in [-0.4, -0.2) is 30.1 Å². The summed E-state index contributed by atoms with van der Waals surface area (Å²) in [5, 5.41) is 3.17. The summed E-state index contributed by atoms with van der Waals surface area (Å²) in [6, 6.07) is 20.0. The van der Waals surface area contributed by atoms with Crippen LogP contribution in [0.4, 0.5) is 10.5 Å². The number of hydrogen-bond acceptors (Lipinski definition) is 2.